The summed E-state index contributed by atoms with van der Waals surface area (Å²) in [6.07, 6.45) is 0.240. The van der Waals surface area contributed by atoms with Gasteiger partial charge in [0.05, 0.1) is 6.42 Å². The van der Waals surface area contributed by atoms with E-state index in [9.17, 15) is 14.4 Å². The Morgan fingerprint density at radius 1 is 1.31 bits per heavy atom. The van der Waals surface area contributed by atoms with Crippen molar-refractivity contribution in [3.05, 3.63) is 35.9 Å². The number of carboxylic acids is 1. The Labute approximate surface area is 92.1 Å². The maximum Gasteiger partial charge on any atom is 0.333 e. The van der Waals surface area contributed by atoms with Crippen molar-refractivity contribution in [2.75, 3.05) is 0 Å². The fraction of sp³-hybridized carbons (Fsp3) is 0.182. The number of benzene rings is 1. The Balaban J connectivity index is 2.54. The lowest BCUT2D eigenvalue weighted by Gasteiger charge is -2.07. The fourth-order valence-electron chi connectivity index (χ4n) is 1.16. The van der Waals surface area contributed by atoms with Gasteiger partial charge in [-0.15, -0.1) is 0 Å². The molecule has 0 saturated carbocycles. The number of aliphatic carboxylic acids is 1. The minimum absolute atomic E-state index is 0.0540. The molecule has 0 aromatic heterocycles. The molecule has 1 aromatic rings. The second-order valence-electron chi connectivity index (χ2n) is 3.18. The lowest BCUT2D eigenvalue weighted by atomic mass is 10.1. The predicted molar refractivity (Wildman–Crippen MR) is 55.8 cm³/mol. The molecule has 5 heteroatoms. The third kappa shape index (κ3) is 3.53. The van der Waals surface area contributed by atoms with Crippen LogP contribution in [0, 0.1) is 0 Å². The van der Waals surface area contributed by atoms with Crippen LogP contribution in [0.2, 0.25) is 0 Å². The highest BCUT2D eigenvalue weighted by molar-refractivity contribution is 5.95. The lowest BCUT2D eigenvalue weighted by molar-refractivity contribution is -0.143. The van der Waals surface area contributed by atoms with Crippen LogP contribution in [0.1, 0.15) is 5.56 Å². The summed E-state index contributed by atoms with van der Waals surface area (Å²) < 4.78 is 0. The standard InChI is InChI=1S/C11H11NO4/c13-7-9(11(15)16)12-10(14)6-8-4-2-1-3-5-8/h1-5,7,9H,6H2,(H,12,14)(H,15,16)/t9-/m0/s1. The first-order chi connectivity index (χ1) is 7.63. The SMILES string of the molecule is O=C[C@H](NC(=O)Cc1ccccc1)C(=O)O. The molecule has 16 heavy (non-hydrogen) atoms. The van der Waals surface area contributed by atoms with Gasteiger partial charge in [0, 0.05) is 0 Å². The topological polar surface area (TPSA) is 83.5 Å². The van der Waals surface area contributed by atoms with Crippen molar-refractivity contribution < 1.29 is 19.5 Å². The zero-order chi connectivity index (χ0) is 12.0. The van der Waals surface area contributed by atoms with Crippen molar-refractivity contribution in [3.63, 3.8) is 0 Å². The van der Waals surface area contributed by atoms with Gasteiger partial charge in [-0.3, -0.25) is 4.79 Å². The number of carbonyl (C=O) groups is 3. The van der Waals surface area contributed by atoms with Crippen LogP contribution in [-0.2, 0) is 20.8 Å². The summed E-state index contributed by atoms with van der Waals surface area (Å²) >= 11 is 0. The van der Waals surface area contributed by atoms with Gasteiger partial charge in [-0.05, 0) is 5.56 Å². The first kappa shape index (κ1) is 11.9. The largest absolute Gasteiger partial charge is 0.479 e. The smallest absolute Gasteiger partial charge is 0.333 e. The molecule has 0 saturated heterocycles. The number of nitrogens with one attached hydrogen (secondary N) is 1. The highest BCUT2D eigenvalue weighted by Crippen LogP contribution is 1.99. The highest BCUT2D eigenvalue weighted by atomic mass is 16.4. The van der Waals surface area contributed by atoms with Gasteiger partial charge in [0.2, 0.25) is 5.91 Å². The monoisotopic (exact) mass is 221 g/mol. The second kappa shape index (κ2) is 5.65. The Bertz CT molecular complexity index is 388. The summed E-state index contributed by atoms with van der Waals surface area (Å²) in [5, 5.41) is 10.7. The maximum atomic E-state index is 11.4. The van der Waals surface area contributed by atoms with Crippen LogP contribution in [-0.4, -0.2) is 29.3 Å². The predicted octanol–water partition coefficient (Wildman–Crippen LogP) is -0.00260. The second-order valence-corrected chi connectivity index (χ2v) is 3.18. The molecule has 2 N–H and O–H groups in total. The van der Waals surface area contributed by atoms with Crippen molar-refractivity contribution in [1.29, 1.82) is 0 Å². The van der Waals surface area contributed by atoms with Crippen molar-refractivity contribution in [2.24, 2.45) is 0 Å². The molecule has 5 nitrogen and oxygen atoms in total. The minimum atomic E-state index is -1.48. The number of carbonyl (C=O) groups excluding carboxylic acids is 2. The summed E-state index contributed by atoms with van der Waals surface area (Å²) in [4.78, 5) is 32.2. The van der Waals surface area contributed by atoms with Gasteiger partial charge in [-0.25, -0.2) is 4.79 Å². The molecule has 1 rings (SSSR count). The molecule has 0 radical (unpaired) electrons. The van der Waals surface area contributed by atoms with E-state index in [1.54, 1.807) is 24.3 Å². The Kier molecular flexibility index (Phi) is 4.20. The van der Waals surface area contributed by atoms with Crippen LogP contribution in [0.25, 0.3) is 0 Å². The minimum Gasteiger partial charge on any atom is -0.479 e. The molecule has 0 aliphatic heterocycles. The molecular weight excluding hydrogens is 210 g/mol. The molecule has 84 valence electrons. The fourth-order valence-corrected chi connectivity index (χ4v) is 1.16. The number of amides is 1. The van der Waals surface area contributed by atoms with Gasteiger partial charge in [0.15, 0.2) is 12.3 Å². The van der Waals surface area contributed by atoms with Crippen molar-refractivity contribution in [3.8, 4) is 0 Å². The van der Waals surface area contributed by atoms with E-state index in [2.05, 4.69) is 5.32 Å². The van der Waals surface area contributed by atoms with Crippen LogP contribution < -0.4 is 5.32 Å². The van der Waals surface area contributed by atoms with E-state index in [0.717, 1.165) is 5.56 Å². The van der Waals surface area contributed by atoms with E-state index in [0.29, 0.717) is 0 Å². The van der Waals surface area contributed by atoms with Crippen LogP contribution >= 0.6 is 0 Å². The molecular formula is C11H11NO4. The summed E-state index contributed by atoms with van der Waals surface area (Å²) in [7, 11) is 0. The quantitative estimate of drug-likeness (QED) is 0.541. The first-order valence-corrected chi connectivity index (χ1v) is 4.65. The average Bonchev–Trinajstić information content (AvgIpc) is 2.27. The van der Waals surface area contributed by atoms with Gasteiger partial charge in [-0.1, -0.05) is 30.3 Å². The first-order valence-electron chi connectivity index (χ1n) is 4.65. The normalized spacial score (nSPS) is 11.5. The Morgan fingerprint density at radius 2 is 1.94 bits per heavy atom. The molecule has 1 aromatic carbocycles. The van der Waals surface area contributed by atoms with Crippen molar-refractivity contribution in [2.45, 2.75) is 12.5 Å². The Morgan fingerprint density at radius 3 is 2.44 bits per heavy atom. The van der Waals surface area contributed by atoms with E-state index >= 15 is 0 Å². The van der Waals surface area contributed by atoms with E-state index in [-0.39, 0.29) is 12.7 Å². The summed E-state index contributed by atoms with van der Waals surface area (Å²) in [5.74, 6) is -1.86. The van der Waals surface area contributed by atoms with E-state index in [1.165, 1.54) is 0 Å². The lowest BCUT2D eigenvalue weighted by Crippen LogP contribution is -2.42. The Hall–Kier alpha value is -2.17. The molecule has 0 aliphatic rings. The number of hydrogen-bond donors (Lipinski definition) is 2. The summed E-state index contributed by atoms with van der Waals surface area (Å²) in [5.41, 5.74) is 0.759. The number of aldehydes is 1. The van der Waals surface area contributed by atoms with Crippen LogP contribution in [0.5, 0.6) is 0 Å². The molecule has 1 amide bonds. The van der Waals surface area contributed by atoms with Gasteiger partial charge in [-0.2, -0.15) is 0 Å². The molecule has 0 spiro atoms. The van der Waals surface area contributed by atoms with Gasteiger partial charge < -0.3 is 15.2 Å². The zero-order valence-corrected chi connectivity index (χ0v) is 8.42. The van der Waals surface area contributed by atoms with Crippen molar-refractivity contribution >= 4 is 18.2 Å². The van der Waals surface area contributed by atoms with E-state index in [4.69, 9.17) is 5.11 Å². The molecule has 0 bridgehead atoms. The van der Waals surface area contributed by atoms with Gasteiger partial charge in [0.25, 0.3) is 0 Å². The van der Waals surface area contributed by atoms with Gasteiger partial charge in [0.1, 0.15) is 0 Å². The molecule has 0 aliphatic carbocycles. The third-order valence-electron chi connectivity index (χ3n) is 1.93. The average molecular weight is 221 g/mol. The molecule has 0 unspecified atom stereocenters. The molecule has 0 heterocycles. The molecule has 0 fully saturated rings. The van der Waals surface area contributed by atoms with Gasteiger partial charge >= 0.3 is 5.97 Å². The maximum absolute atomic E-state index is 11.4. The summed E-state index contributed by atoms with van der Waals surface area (Å²) in [6, 6.07) is 7.38. The number of hydrogen-bond acceptors (Lipinski definition) is 3. The number of carboxylic acid groups (broad SMARTS) is 1. The zero-order valence-electron chi connectivity index (χ0n) is 8.42. The van der Waals surface area contributed by atoms with Crippen LogP contribution in [0.15, 0.2) is 30.3 Å². The highest BCUT2D eigenvalue weighted by Gasteiger charge is 2.18. The van der Waals surface area contributed by atoms with Crippen LogP contribution in [0.4, 0.5) is 0 Å². The van der Waals surface area contributed by atoms with Crippen LogP contribution in [0.3, 0.4) is 0 Å². The number of rotatable bonds is 5. The molecule has 1 atom stereocenters. The summed E-state index contributed by atoms with van der Waals surface area (Å²) in [6.45, 7) is 0. The van der Waals surface area contributed by atoms with E-state index < -0.39 is 17.9 Å². The van der Waals surface area contributed by atoms with E-state index in [1.807, 2.05) is 6.07 Å². The third-order valence-corrected chi connectivity index (χ3v) is 1.93. The van der Waals surface area contributed by atoms with Crippen molar-refractivity contribution in [1.82, 2.24) is 5.32 Å².